The second kappa shape index (κ2) is 9.11. The summed E-state index contributed by atoms with van der Waals surface area (Å²) in [6.07, 6.45) is -0.811. The van der Waals surface area contributed by atoms with Crippen LogP contribution in [0.3, 0.4) is 0 Å². The van der Waals surface area contributed by atoms with Gasteiger partial charge in [0.1, 0.15) is 6.61 Å². The van der Waals surface area contributed by atoms with Gasteiger partial charge < -0.3 is 15.2 Å². The Hall–Kier alpha value is -3.15. The molecule has 0 spiro atoms. The van der Waals surface area contributed by atoms with Gasteiger partial charge in [-0.2, -0.15) is 0 Å². The largest absolute Gasteiger partial charge is 0.481 e. The summed E-state index contributed by atoms with van der Waals surface area (Å²) in [6.45, 7) is 5.24. The van der Waals surface area contributed by atoms with Crippen LogP contribution in [0.2, 0.25) is 0 Å². The first-order valence-electron chi connectivity index (χ1n) is 10.2. The highest BCUT2D eigenvalue weighted by molar-refractivity contribution is 5.90. The molecule has 0 heterocycles. The molecule has 1 amide bonds. The molecule has 158 valence electrons. The fourth-order valence-corrected chi connectivity index (χ4v) is 3.90. The highest BCUT2D eigenvalue weighted by Gasteiger charge is 2.31. The van der Waals surface area contributed by atoms with Crippen molar-refractivity contribution in [3.05, 3.63) is 59.7 Å². The minimum atomic E-state index is -1.04. The van der Waals surface area contributed by atoms with Crippen molar-refractivity contribution >= 4 is 17.8 Å². The monoisotopic (exact) mass is 409 g/mol. The summed E-state index contributed by atoms with van der Waals surface area (Å²) in [6, 6.07) is 15.3. The Morgan fingerprint density at radius 3 is 2.00 bits per heavy atom. The lowest BCUT2D eigenvalue weighted by molar-refractivity contribution is -0.143. The van der Waals surface area contributed by atoms with E-state index in [1.54, 1.807) is 13.8 Å². The SMILES string of the molecule is CC(C)[C@@H](NC(=O)OCC1c2ccccc2-c2ccccc21)C(=O)C[C@H](C)C(=O)O. The van der Waals surface area contributed by atoms with E-state index in [4.69, 9.17) is 9.84 Å². The number of benzene rings is 2. The van der Waals surface area contributed by atoms with Crippen LogP contribution in [0, 0.1) is 11.8 Å². The van der Waals surface area contributed by atoms with E-state index < -0.39 is 24.0 Å². The van der Waals surface area contributed by atoms with Crippen molar-refractivity contribution in [2.24, 2.45) is 11.8 Å². The zero-order valence-corrected chi connectivity index (χ0v) is 17.4. The minimum absolute atomic E-state index is 0.0663. The number of aliphatic carboxylic acids is 1. The number of ketones is 1. The Morgan fingerprint density at radius 1 is 0.967 bits per heavy atom. The van der Waals surface area contributed by atoms with Gasteiger partial charge >= 0.3 is 12.1 Å². The Kier molecular flexibility index (Phi) is 6.55. The van der Waals surface area contributed by atoms with Crippen LogP contribution in [0.5, 0.6) is 0 Å². The van der Waals surface area contributed by atoms with Crippen LogP contribution in [-0.4, -0.2) is 35.6 Å². The summed E-state index contributed by atoms with van der Waals surface area (Å²) >= 11 is 0. The lowest BCUT2D eigenvalue weighted by Crippen LogP contribution is -2.45. The number of hydrogen-bond donors (Lipinski definition) is 2. The molecular formula is C24H27NO5. The van der Waals surface area contributed by atoms with Gasteiger partial charge in [0, 0.05) is 12.3 Å². The summed E-state index contributed by atoms with van der Waals surface area (Å²) in [5.74, 6) is -2.40. The Morgan fingerprint density at radius 2 is 1.50 bits per heavy atom. The third kappa shape index (κ3) is 4.53. The van der Waals surface area contributed by atoms with Crippen molar-refractivity contribution in [1.29, 1.82) is 0 Å². The summed E-state index contributed by atoms with van der Waals surface area (Å²) in [5.41, 5.74) is 4.50. The topological polar surface area (TPSA) is 92.7 Å². The van der Waals surface area contributed by atoms with Gasteiger partial charge in [0.25, 0.3) is 0 Å². The molecule has 6 nitrogen and oxygen atoms in total. The molecule has 2 aromatic rings. The summed E-state index contributed by atoms with van der Waals surface area (Å²) in [5, 5.41) is 11.7. The minimum Gasteiger partial charge on any atom is -0.481 e. The highest BCUT2D eigenvalue weighted by atomic mass is 16.5. The molecule has 6 heteroatoms. The number of rotatable bonds is 8. The zero-order valence-electron chi connectivity index (χ0n) is 17.4. The van der Waals surface area contributed by atoms with Crippen LogP contribution in [0.25, 0.3) is 11.1 Å². The van der Waals surface area contributed by atoms with Gasteiger partial charge in [-0.3, -0.25) is 9.59 Å². The second-order valence-electron chi connectivity index (χ2n) is 8.10. The van der Waals surface area contributed by atoms with E-state index >= 15 is 0 Å². The normalized spacial score (nSPS) is 14.5. The molecule has 0 unspecified atom stereocenters. The van der Waals surface area contributed by atoms with Gasteiger partial charge in [-0.15, -0.1) is 0 Å². The molecule has 30 heavy (non-hydrogen) atoms. The molecule has 0 bridgehead atoms. The summed E-state index contributed by atoms with van der Waals surface area (Å²) < 4.78 is 5.50. The van der Waals surface area contributed by atoms with Crippen molar-refractivity contribution in [2.75, 3.05) is 6.61 Å². The molecule has 3 rings (SSSR count). The number of carboxylic acid groups (broad SMARTS) is 1. The quantitative estimate of drug-likeness (QED) is 0.681. The number of nitrogens with one attached hydrogen (secondary N) is 1. The number of fused-ring (bicyclic) bond motifs is 3. The van der Waals surface area contributed by atoms with Gasteiger partial charge in [-0.25, -0.2) is 4.79 Å². The molecule has 1 aliphatic rings. The zero-order chi connectivity index (χ0) is 21.8. The molecule has 2 N–H and O–H groups in total. The number of alkyl carbamates (subject to hydrolysis) is 1. The van der Waals surface area contributed by atoms with E-state index in [9.17, 15) is 14.4 Å². The summed E-state index contributed by atoms with van der Waals surface area (Å²) in [4.78, 5) is 36.0. The lowest BCUT2D eigenvalue weighted by atomic mass is 9.93. The van der Waals surface area contributed by atoms with E-state index in [2.05, 4.69) is 17.4 Å². The van der Waals surface area contributed by atoms with Crippen molar-refractivity contribution in [2.45, 2.75) is 39.2 Å². The Balaban J connectivity index is 1.66. The lowest BCUT2D eigenvalue weighted by Gasteiger charge is -2.22. The van der Waals surface area contributed by atoms with E-state index in [0.29, 0.717) is 0 Å². The van der Waals surface area contributed by atoms with Crippen LogP contribution in [0.15, 0.2) is 48.5 Å². The first kappa shape index (κ1) is 21.6. The average molecular weight is 409 g/mol. The maximum absolute atomic E-state index is 12.5. The number of amides is 1. The van der Waals surface area contributed by atoms with E-state index in [1.165, 1.54) is 6.92 Å². The number of carboxylic acids is 1. The molecular weight excluding hydrogens is 382 g/mol. The molecule has 0 aliphatic heterocycles. The van der Waals surface area contributed by atoms with Crippen molar-refractivity contribution < 1.29 is 24.2 Å². The predicted octanol–water partition coefficient (Wildman–Crippen LogP) is 4.23. The predicted molar refractivity (Wildman–Crippen MR) is 113 cm³/mol. The Bertz CT molecular complexity index is 907. The number of Topliss-reactive ketones (excluding diaryl/α,β-unsaturated/α-hetero) is 1. The molecule has 0 aromatic heterocycles. The van der Waals surface area contributed by atoms with Gasteiger partial charge in [0.15, 0.2) is 5.78 Å². The molecule has 0 saturated carbocycles. The van der Waals surface area contributed by atoms with E-state index in [0.717, 1.165) is 22.3 Å². The summed E-state index contributed by atoms with van der Waals surface area (Å²) in [7, 11) is 0. The van der Waals surface area contributed by atoms with Gasteiger partial charge in [-0.05, 0) is 28.2 Å². The molecule has 2 atom stereocenters. The fourth-order valence-electron chi connectivity index (χ4n) is 3.90. The second-order valence-corrected chi connectivity index (χ2v) is 8.10. The number of carbonyl (C=O) groups is 3. The van der Waals surface area contributed by atoms with E-state index in [1.807, 2.05) is 36.4 Å². The van der Waals surface area contributed by atoms with Crippen molar-refractivity contribution in [1.82, 2.24) is 5.32 Å². The molecule has 0 fully saturated rings. The molecule has 0 saturated heterocycles. The maximum Gasteiger partial charge on any atom is 0.407 e. The Labute approximate surface area is 176 Å². The van der Waals surface area contributed by atoms with Crippen LogP contribution in [0.4, 0.5) is 4.79 Å². The molecule has 0 radical (unpaired) electrons. The maximum atomic E-state index is 12.5. The first-order valence-corrected chi connectivity index (χ1v) is 10.2. The third-order valence-corrected chi connectivity index (χ3v) is 5.56. The smallest absolute Gasteiger partial charge is 0.407 e. The van der Waals surface area contributed by atoms with Gasteiger partial charge in [-0.1, -0.05) is 69.3 Å². The first-order chi connectivity index (χ1) is 14.3. The van der Waals surface area contributed by atoms with Crippen molar-refractivity contribution in [3.8, 4) is 11.1 Å². The number of hydrogen-bond acceptors (Lipinski definition) is 4. The number of ether oxygens (including phenoxy) is 1. The van der Waals surface area contributed by atoms with Crippen molar-refractivity contribution in [3.63, 3.8) is 0 Å². The van der Waals surface area contributed by atoms with Gasteiger partial charge in [0.2, 0.25) is 0 Å². The highest BCUT2D eigenvalue weighted by Crippen LogP contribution is 2.44. The third-order valence-electron chi connectivity index (χ3n) is 5.56. The average Bonchev–Trinajstić information content (AvgIpc) is 3.04. The molecule has 1 aliphatic carbocycles. The number of carbonyl (C=O) groups excluding carboxylic acids is 2. The fraction of sp³-hybridized carbons (Fsp3) is 0.375. The van der Waals surface area contributed by atoms with Gasteiger partial charge in [0.05, 0.1) is 12.0 Å². The van der Waals surface area contributed by atoms with Crippen LogP contribution in [-0.2, 0) is 14.3 Å². The molecule has 2 aromatic carbocycles. The van der Waals surface area contributed by atoms with Crippen LogP contribution >= 0.6 is 0 Å². The standard InChI is InChI=1S/C24H27NO5/c1-14(2)22(21(26)12-15(3)23(27)28)25-24(29)30-13-20-18-10-6-4-8-16(18)17-9-5-7-11-19(17)20/h4-11,14-15,20,22H,12-13H2,1-3H3,(H,25,29)(H,27,28)/t15-,22+/m0/s1. The van der Waals surface area contributed by atoms with Crippen LogP contribution in [0.1, 0.15) is 44.2 Å². The van der Waals surface area contributed by atoms with Crippen LogP contribution < -0.4 is 5.32 Å². The van der Waals surface area contributed by atoms with E-state index in [-0.39, 0.29) is 30.6 Å².